The van der Waals surface area contributed by atoms with Gasteiger partial charge in [0.1, 0.15) is 0 Å². The molecule has 0 aliphatic rings. The van der Waals surface area contributed by atoms with Crippen LogP contribution in [0.5, 0.6) is 0 Å². The van der Waals surface area contributed by atoms with Crippen LogP contribution >= 0.6 is 0 Å². The molecule has 0 saturated heterocycles. The molecule has 0 aromatic heterocycles. The molecule has 82 valence electrons. The number of hydrogen-bond acceptors (Lipinski definition) is 4. The van der Waals surface area contributed by atoms with Crippen LogP contribution in [0.25, 0.3) is 0 Å². The Labute approximate surface area is 91.6 Å². The molecule has 0 N–H and O–H groups in total. The van der Waals surface area contributed by atoms with Crippen molar-refractivity contribution < 1.29 is 0 Å². The number of rotatable bonds is 5. The maximum Gasteiger partial charge on any atom is 0.167 e. The minimum absolute atomic E-state index is 0.599. The van der Waals surface area contributed by atoms with Crippen molar-refractivity contribution in [3.05, 3.63) is 0 Å². The van der Waals surface area contributed by atoms with Crippen molar-refractivity contribution in [3.8, 4) is 12.1 Å². The number of hydrogen-bond donors (Lipinski definition) is 0. The molecule has 4 heteroatoms. The smallest absolute Gasteiger partial charge is 0.167 e. The molecule has 0 heterocycles. The van der Waals surface area contributed by atoms with E-state index in [1.165, 1.54) is 0 Å². The lowest BCUT2D eigenvalue weighted by Crippen LogP contribution is -2.24. The first-order valence-electron chi connectivity index (χ1n) is 5.28. The third-order valence-corrected chi connectivity index (χ3v) is 2.77. The summed E-state index contributed by atoms with van der Waals surface area (Å²) in [7, 11) is 0. The summed E-state index contributed by atoms with van der Waals surface area (Å²) in [5.41, 5.74) is -1.56. The van der Waals surface area contributed by atoms with Crippen LogP contribution in [-0.2, 0) is 0 Å². The fourth-order valence-corrected chi connectivity index (χ4v) is 0.950. The van der Waals surface area contributed by atoms with E-state index in [0.29, 0.717) is 19.3 Å². The molecular weight excluding hydrogens is 188 g/mol. The monoisotopic (exact) mass is 206 g/mol. The third-order valence-electron chi connectivity index (χ3n) is 2.77. The van der Waals surface area contributed by atoms with Gasteiger partial charge in [0, 0.05) is 0 Å². The van der Waals surface area contributed by atoms with E-state index >= 15 is 0 Å². The van der Waals surface area contributed by atoms with E-state index in [9.17, 15) is 0 Å². The quantitative estimate of drug-likeness (QED) is 0.648. The molecule has 1 atom stereocenters. The zero-order valence-corrected chi connectivity index (χ0v) is 9.91. The van der Waals surface area contributed by atoms with Crippen LogP contribution in [0.1, 0.15) is 47.0 Å². The minimum atomic E-state index is -0.799. The van der Waals surface area contributed by atoms with Crippen LogP contribution < -0.4 is 0 Å². The van der Waals surface area contributed by atoms with Gasteiger partial charge in [0.25, 0.3) is 0 Å². The number of nitrogens with zero attached hydrogens (tertiary/aromatic N) is 4. The zero-order valence-electron chi connectivity index (χ0n) is 9.91. The molecule has 0 aliphatic carbocycles. The highest BCUT2D eigenvalue weighted by molar-refractivity contribution is 5.07. The fourth-order valence-electron chi connectivity index (χ4n) is 0.950. The number of azo groups is 1. The van der Waals surface area contributed by atoms with Crippen molar-refractivity contribution in [3.63, 3.8) is 0 Å². The van der Waals surface area contributed by atoms with E-state index in [0.717, 1.165) is 0 Å². The van der Waals surface area contributed by atoms with Crippen molar-refractivity contribution in [1.29, 1.82) is 10.5 Å². The van der Waals surface area contributed by atoms with E-state index in [4.69, 9.17) is 10.5 Å². The van der Waals surface area contributed by atoms with Crippen molar-refractivity contribution >= 4 is 0 Å². The molecule has 0 fully saturated rings. The van der Waals surface area contributed by atoms with Gasteiger partial charge in [-0.25, -0.2) is 0 Å². The predicted octanol–water partition coefficient (Wildman–Crippen LogP) is 3.21. The highest BCUT2D eigenvalue weighted by Crippen LogP contribution is 2.23. The van der Waals surface area contributed by atoms with Crippen LogP contribution in [0.2, 0.25) is 0 Å². The zero-order chi connectivity index (χ0) is 11.9. The molecule has 0 aromatic carbocycles. The Bertz CT molecular complexity index is 304. The van der Waals surface area contributed by atoms with Gasteiger partial charge in [-0.05, 0) is 26.2 Å². The van der Waals surface area contributed by atoms with Crippen molar-refractivity contribution in [1.82, 2.24) is 0 Å². The fraction of sp³-hybridized carbons (Fsp3) is 0.818. The summed E-state index contributed by atoms with van der Waals surface area (Å²) in [6, 6.07) is 4.27. The standard InChI is InChI=1S/C11H18N4/c1-5-10(4,8-12)14-15-11(6-2,7-3)9-13/h5-7H2,1-4H3. The summed E-state index contributed by atoms with van der Waals surface area (Å²) in [5.74, 6) is 0. The summed E-state index contributed by atoms with van der Waals surface area (Å²) < 4.78 is 0. The second-order valence-electron chi connectivity index (χ2n) is 3.79. The van der Waals surface area contributed by atoms with Crippen molar-refractivity contribution in [2.45, 2.75) is 58.0 Å². The van der Waals surface area contributed by atoms with Gasteiger partial charge >= 0.3 is 0 Å². The van der Waals surface area contributed by atoms with Gasteiger partial charge in [0.15, 0.2) is 11.1 Å². The lowest BCUT2D eigenvalue weighted by molar-refractivity contribution is 0.438. The average Bonchev–Trinajstić information content (AvgIpc) is 2.31. The van der Waals surface area contributed by atoms with Crippen LogP contribution in [0.15, 0.2) is 10.2 Å². The first-order chi connectivity index (χ1) is 7.01. The molecule has 0 aliphatic heterocycles. The van der Waals surface area contributed by atoms with Gasteiger partial charge in [-0.3, -0.25) is 0 Å². The average molecular weight is 206 g/mol. The van der Waals surface area contributed by atoms with Crippen molar-refractivity contribution in [2.75, 3.05) is 0 Å². The van der Waals surface area contributed by atoms with Gasteiger partial charge in [-0.1, -0.05) is 20.8 Å². The van der Waals surface area contributed by atoms with E-state index in [1.54, 1.807) is 6.92 Å². The minimum Gasteiger partial charge on any atom is -0.196 e. The van der Waals surface area contributed by atoms with E-state index in [1.807, 2.05) is 20.8 Å². The summed E-state index contributed by atoms with van der Waals surface area (Å²) >= 11 is 0. The highest BCUT2D eigenvalue weighted by atomic mass is 15.2. The van der Waals surface area contributed by atoms with Crippen molar-refractivity contribution in [2.24, 2.45) is 10.2 Å². The first-order valence-corrected chi connectivity index (χ1v) is 5.28. The SMILES string of the molecule is CCC(C)(C#N)N=NC(C#N)(CC)CC. The summed E-state index contributed by atoms with van der Waals surface area (Å²) in [6.45, 7) is 7.42. The highest BCUT2D eigenvalue weighted by Gasteiger charge is 2.28. The van der Waals surface area contributed by atoms with Gasteiger partial charge in [-0.15, -0.1) is 0 Å². The second kappa shape index (κ2) is 5.46. The molecule has 4 nitrogen and oxygen atoms in total. The van der Waals surface area contributed by atoms with Crippen LogP contribution in [0, 0.1) is 22.7 Å². The molecule has 0 bridgehead atoms. The van der Waals surface area contributed by atoms with Crippen LogP contribution in [0.4, 0.5) is 0 Å². The van der Waals surface area contributed by atoms with Gasteiger partial charge in [0.2, 0.25) is 0 Å². The summed E-state index contributed by atoms with van der Waals surface area (Å²) in [6.07, 6.45) is 1.84. The molecule has 0 radical (unpaired) electrons. The molecule has 0 saturated carbocycles. The summed E-state index contributed by atoms with van der Waals surface area (Å²) in [5, 5.41) is 26.0. The molecular formula is C11H18N4. The molecule has 1 unspecified atom stereocenters. The Morgan fingerprint density at radius 1 is 0.933 bits per heavy atom. The maximum absolute atomic E-state index is 9.03. The lowest BCUT2D eigenvalue weighted by Gasteiger charge is -2.19. The van der Waals surface area contributed by atoms with Gasteiger partial charge in [-0.2, -0.15) is 20.8 Å². The third kappa shape index (κ3) is 3.32. The molecule has 0 rings (SSSR count). The van der Waals surface area contributed by atoms with E-state index < -0.39 is 11.1 Å². The summed E-state index contributed by atoms with van der Waals surface area (Å²) in [4.78, 5) is 0. The molecule has 0 aromatic rings. The molecule has 15 heavy (non-hydrogen) atoms. The van der Waals surface area contributed by atoms with Gasteiger partial charge in [0.05, 0.1) is 12.1 Å². The Morgan fingerprint density at radius 3 is 1.73 bits per heavy atom. The Balaban J connectivity index is 4.93. The Kier molecular flexibility index (Phi) is 4.94. The second-order valence-corrected chi connectivity index (χ2v) is 3.79. The Hall–Kier alpha value is -1.42. The molecule has 0 amide bonds. The maximum atomic E-state index is 9.03. The van der Waals surface area contributed by atoms with Crippen LogP contribution in [0.3, 0.4) is 0 Å². The number of nitriles is 2. The Morgan fingerprint density at radius 2 is 1.47 bits per heavy atom. The normalized spacial score (nSPS) is 15.6. The topological polar surface area (TPSA) is 72.3 Å². The first kappa shape index (κ1) is 13.6. The molecule has 0 spiro atoms. The largest absolute Gasteiger partial charge is 0.196 e. The lowest BCUT2D eigenvalue weighted by atomic mass is 9.96. The predicted molar refractivity (Wildman–Crippen MR) is 58.1 cm³/mol. The van der Waals surface area contributed by atoms with E-state index in [-0.39, 0.29) is 0 Å². The van der Waals surface area contributed by atoms with E-state index in [2.05, 4.69) is 22.4 Å². The van der Waals surface area contributed by atoms with Gasteiger partial charge < -0.3 is 0 Å². The van der Waals surface area contributed by atoms with Crippen LogP contribution in [-0.4, -0.2) is 11.1 Å².